The van der Waals surface area contributed by atoms with Crippen LogP contribution in [0.25, 0.3) is 0 Å². The highest BCUT2D eigenvalue weighted by Crippen LogP contribution is 2.44. The third kappa shape index (κ3) is 11.3. The van der Waals surface area contributed by atoms with E-state index in [-0.39, 0.29) is 13.2 Å². The van der Waals surface area contributed by atoms with Gasteiger partial charge in [0.15, 0.2) is 0 Å². The monoisotopic (exact) mass is 466 g/mol. The van der Waals surface area contributed by atoms with Gasteiger partial charge in [0.1, 0.15) is 18.1 Å². The second kappa shape index (κ2) is 14.1. The molecular weight excluding hydrogens is 431 g/mol. The first-order valence-electron chi connectivity index (χ1n) is 10.2. The summed E-state index contributed by atoms with van der Waals surface area (Å²) < 4.78 is 23.2. The van der Waals surface area contributed by atoms with E-state index in [1.165, 1.54) is 27.7 Å². The van der Waals surface area contributed by atoms with Crippen molar-refractivity contribution in [3.63, 3.8) is 0 Å². The van der Waals surface area contributed by atoms with Gasteiger partial charge >= 0.3 is 13.7 Å². The molecule has 12 nitrogen and oxygen atoms in total. The first kappa shape index (κ1) is 29.0. The molecule has 0 aromatic heterocycles. The molecule has 3 amide bonds. The van der Waals surface area contributed by atoms with E-state index in [2.05, 4.69) is 21.0 Å². The number of carbonyl (C=O) groups is 4. The minimum absolute atomic E-state index is 0.182. The summed E-state index contributed by atoms with van der Waals surface area (Å²) in [5, 5.41) is 18.4. The molecular formula is C18H35N4O8P. The van der Waals surface area contributed by atoms with E-state index in [0.29, 0.717) is 12.8 Å². The lowest BCUT2D eigenvalue weighted by Gasteiger charge is -2.24. The summed E-state index contributed by atoms with van der Waals surface area (Å²) in [5.41, 5.74) is 0. The summed E-state index contributed by atoms with van der Waals surface area (Å²) >= 11 is 0. The molecule has 4 atom stereocenters. The standard InChI is InChI=1S/C18H35N4O8P/c1-7-9-29-31(28,30-10-8-2)22-13(5)17(25)20-11(3)15(23)19-12(4)16(24)21-14(6)18(26)27/h11-14H,7-10H2,1-6H3,(H,19,23)(H,20,25)(H,21,24)(H,22,28)(H,26,27)/t11-,12-,13-,14-/m0/s1. The lowest BCUT2D eigenvalue weighted by molar-refractivity contribution is -0.141. The molecule has 0 saturated heterocycles. The number of carboxylic acid groups (broad SMARTS) is 1. The first-order chi connectivity index (χ1) is 14.4. The minimum atomic E-state index is -3.70. The number of amides is 3. The first-order valence-corrected chi connectivity index (χ1v) is 11.7. The van der Waals surface area contributed by atoms with Gasteiger partial charge in [0.05, 0.1) is 19.3 Å². The van der Waals surface area contributed by atoms with Crippen LogP contribution in [0.2, 0.25) is 0 Å². The summed E-state index contributed by atoms with van der Waals surface area (Å²) in [6.45, 7) is 9.56. The van der Waals surface area contributed by atoms with E-state index in [1.54, 1.807) is 0 Å². The van der Waals surface area contributed by atoms with Gasteiger partial charge in [0.25, 0.3) is 0 Å². The molecule has 0 aliphatic rings. The van der Waals surface area contributed by atoms with Gasteiger partial charge in [-0.3, -0.25) is 28.2 Å². The van der Waals surface area contributed by atoms with E-state index < -0.39 is 55.6 Å². The summed E-state index contributed by atoms with van der Waals surface area (Å²) in [5.74, 6) is -3.17. The van der Waals surface area contributed by atoms with Gasteiger partial charge in [-0.2, -0.15) is 0 Å². The third-order valence-corrected chi connectivity index (χ3v) is 5.66. The average Bonchev–Trinajstić information content (AvgIpc) is 2.70. The van der Waals surface area contributed by atoms with Crippen molar-refractivity contribution in [2.24, 2.45) is 0 Å². The Morgan fingerprint density at radius 1 is 0.742 bits per heavy atom. The Balaban J connectivity index is 4.79. The molecule has 0 unspecified atom stereocenters. The van der Waals surface area contributed by atoms with Gasteiger partial charge in [-0.25, -0.2) is 9.65 Å². The number of hydrogen-bond donors (Lipinski definition) is 5. The van der Waals surface area contributed by atoms with E-state index in [9.17, 15) is 23.7 Å². The molecule has 0 aromatic rings. The fourth-order valence-electron chi connectivity index (χ4n) is 2.04. The van der Waals surface area contributed by atoms with Crippen molar-refractivity contribution >= 4 is 31.4 Å². The Labute approximate surface area is 182 Å². The minimum Gasteiger partial charge on any atom is -0.480 e. The van der Waals surface area contributed by atoms with Crippen molar-refractivity contribution in [1.82, 2.24) is 21.0 Å². The number of hydrogen-bond acceptors (Lipinski definition) is 7. The molecule has 0 bridgehead atoms. The van der Waals surface area contributed by atoms with Crippen LogP contribution >= 0.6 is 7.75 Å². The van der Waals surface area contributed by atoms with E-state index >= 15 is 0 Å². The summed E-state index contributed by atoms with van der Waals surface area (Å²) in [6.07, 6.45) is 1.21. The van der Waals surface area contributed by atoms with Crippen molar-refractivity contribution < 1.29 is 37.9 Å². The molecule has 0 spiro atoms. The molecule has 0 saturated carbocycles. The van der Waals surface area contributed by atoms with Crippen molar-refractivity contribution in [3.8, 4) is 0 Å². The van der Waals surface area contributed by atoms with Crippen molar-refractivity contribution in [3.05, 3.63) is 0 Å². The Bertz CT molecular complexity index is 663. The predicted molar refractivity (Wildman–Crippen MR) is 113 cm³/mol. The van der Waals surface area contributed by atoms with Crippen LogP contribution in [0, 0.1) is 0 Å². The highest BCUT2D eigenvalue weighted by molar-refractivity contribution is 7.51. The Hall–Kier alpha value is -2.01. The van der Waals surface area contributed by atoms with E-state index in [1.807, 2.05) is 13.8 Å². The van der Waals surface area contributed by atoms with E-state index in [0.717, 1.165) is 0 Å². The zero-order chi connectivity index (χ0) is 24.2. The maximum atomic E-state index is 12.7. The van der Waals surface area contributed by atoms with Gasteiger partial charge in [-0.05, 0) is 40.5 Å². The van der Waals surface area contributed by atoms with Gasteiger partial charge < -0.3 is 21.1 Å². The van der Waals surface area contributed by atoms with Crippen molar-refractivity contribution in [2.45, 2.75) is 78.6 Å². The van der Waals surface area contributed by atoms with Crippen LogP contribution in [-0.4, -0.2) is 66.2 Å². The normalized spacial score (nSPS) is 15.3. The maximum absolute atomic E-state index is 12.7. The third-order valence-electron chi connectivity index (χ3n) is 3.91. The smallest absolute Gasteiger partial charge is 0.406 e. The fourth-order valence-corrected chi connectivity index (χ4v) is 3.70. The van der Waals surface area contributed by atoms with Crippen LogP contribution in [0.1, 0.15) is 54.4 Å². The van der Waals surface area contributed by atoms with Crippen molar-refractivity contribution in [2.75, 3.05) is 13.2 Å². The van der Waals surface area contributed by atoms with Crippen LogP contribution in [0.15, 0.2) is 0 Å². The Morgan fingerprint density at radius 3 is 1.45 bits per heavy atom. The molecule has 0 radical (unpaired) electrons. The Kier molecular flexibility index (Phi) is 13.2. The molecule has 0 aliphatic heterocycles. The van der Waals surface area contributed by atoms with Crippen LogP contribution in [0.5, 0.6) is 0 Å². The zero-order valence-corrected chi connectivity index (χ0v) is 19.8. The molecule has 31 heavy (non-hydrogen) atoms. The van der Waals surface area contributed by atoms with Crippen LogP contribution < -0.4 is 21.0 Å². The molecule has 0 rings (SSSR count). The quantitative estimate of drug-likeness (QED) is 0.216. The summed E-state index contributed by atoms with van der Waals surface area (Å²) in [7, 11) is -3.70. The average molecular weight is 466 g/mol. The molecule has 0 heterocycles. The van der Waals surface area contributed by atoms with Gasteiger partial charge in [-0.15, -0.1) is 0 Å². The predicted octanol–water partition coefficient (Wildman–Crippen LogP) is 0.525. The SMILES string of the molecule is CCCOP(=O)(N[C@@H](C)C(=O)N[C@@H](C)C(=O)N[C@@H](C)C(=O)N[C@@H](C)C(=O)O)OCCC. The fraction of sp³-hybridized carbons (Fsp3) is 0.778. The number of carbonyl (C=O) groups excluding carboxylic acids is 3. The number of aliphatic carboxylic acids is 1. The highest BCUT2D eigenvalue weighted by Gasteiger charge is 2.31. The summed E-state index contributed by atoms with van der Waals surface area (Å²) in [6, 6.07) is -4.14. The molecule has 180 valence electrons. The van der Waals surface area contributed by atoms with Crippen molar-refractivity contribution in [1.29, 1.82) is 0 Å². The molecule has 13 heteroatoms. The maximum Gasteiger partial charge on any atom is 0.406 e. The second-order valence-electron chi connectivity index (χ2n) is 7.04. The zero-order valence-electron chi connectivity index (χ0n) is 18.9. The number of rotatable bonds is 15. The number of nitrogens with one attached hydrogen (secondary N) is 4. The van der Waals surface area contributed by atoms with Gasteiger partial charge in [0.2, 0.25) is 17.7 Å². The number of carboxylic acids is 1. The largest absolute Gasteiger partial charge is 0.480 e. The van der Waals surface area contributed by atoms with Crippen LogP contribution in [0.3, 0.4) is 0 Å². The lowest BCUT2D eigenvalue weighted by atomic mass is 10.2. The topological polar surface area (TPSA) is 172 Å². The summed E-state index contributed by atoms with van der Waals surface area (Å²) in [4.78, 5) is 47.4. The Morgan fingerprint density at radius 2 is 1.10 bits per heavy atom. The second-order valence-corrected chi connectivity index (χ2v) is 8.81. The molecule has 5 N–H and O–H groups in total. The van der Waals surface area contributed by atoms with E-state index in [4.69, 9.17) is 14.2 Å². The highest BCUT2D eigenvalue weighted by atomic mass is 31.2. The van der Waals surface area contributed by atoms with Crippen LogP contribution in [0.4, 0.5) is 0 Å². The molecule has 0 aromatic carbocycles. The molecule has 0 aliphatic carbocycles. The van der Waals surface area contributed by atoms with Gasteiger partial charge in [0, 0.05) is 0 Å². The van der Waals surface area contributed by atoms with Gasteiger partial charge in [-0.1, -0.05) is 13.8 Å². The lowest BCUT2D eigenvalue weighted by Crippen LogP contribution is -2.55. The van der Waals surface area contributed by atoms with Crippen LogP contribution in [-0.2, 0) is 32.8 Å². The molecule has 0 fully saturated rings.